The molecule has 11 aromatic rings. The van der Waals surface area contributed by atoms with Crippen LogP contribution in [0.4, 0.5) is 0 Å². The number of para-hydroxylation sites is 1. The van der Waals surface area contributed by atoms with Crippen LogP contribution in [-0.4, -0.2) is 19.4 Å². The summed E-state index contributed by atoms with van der Waals surface area (Å²) in [6.45, 7) is 0. The van der Waals surface area contributed by atoms with Crippen LogP contribution in [0.15, 0.2) is 170 Å². The lowest BCUT2D eigenvalue weighted by molar-refractivity contribution is 1.20. The van der Waals surface area contributed by atoms with E-state index >= 15 is 0 Å². The number of fused-ring (bicyclic) bond motifs is 14. The number of nitrogens with zero attached hydrogens (tertiary/aromatic N) is 4. The summed E-state index contributed by atoms with van der Waals surface area (Å²) >= 11 is 0. The Labute approximate surface area is 292 Å². The van der Waals surface area contributed by atoms with Gasteiger partial charge < -0.3 is 0 Å². The molecule has 4 heteroatoms. The number of rotatable bonds is 3. The summed E-state index contributed by atoms with van der Waals surface area (Å²) in [5.74, 6) is 0.657. The number of pyridine rings is 1. The third-order valence-corrected chi connectivity index (χ3v) is 10.4. The lowest BCUT2D eigenvalue weighted by Gasteiger charge is -2.13. The van der Waals surface area contributed by atoms with Crippen LogP contribution < -0.4 is 0 Å². The van der Waals surface area contributed by atoms with E-state index in [1.165, 1.54) is 43.1 Å². The summed E-state index contributed by atoms with van der Waals surface area (Å²) in [6, 6.07) is 60.4. The van der Waals surface area contributed by atoms with E-state index in [9.17, 15) is 0 Å². The third-order valence-electron chi connectivity index (χ3n) is 10.4. The Hall–Kier alpha value is -6.91. The predicted octanol–water partition coefficient (Wildman–Crippen LogP) is 12.0. The van der Waals surface area contributed by atoms with E-state index in [1.807, 2.05) is 18.2 Å². The first-order valence-corrected chi connectivity index (χ1v) is 17.3. The van der Waals surface area contributed by atoms with Crippen molar-refractivity contribution in [3.05, 3.63) is 170 Å². The molecule has 0 amide bonds. The van der Waals surface area contributed by atoms with E-state index in [0.717, 1.165) is 50.0 Å². The van der Waals surface area contributed by atoms with E-state index < -0.39 is 0 Å². The highest BCUT2D eigenvalue weighted by Crippen LogP contribution is 2.39. The fraction of sp³-hybridized carbons (Fsp3) is 0. The normalized spacial score (nSPS) is 11.9. The van der Waals surface area contributed by atoms with Gasteiger partial charge in [0.05, 0.1) is 5.52 Å². The maximum absolute atomic E-state index is 5.34. The predicted molar refractivity (Wildman–Crippen MR) is 212 cm³/mol. The van der Waals surface area contributed by atoms with Gasteiger partial charge in [-0.2, -0.15) is 0 Å². The molecule has 0 aliphatic heterocycles. The molecule has 8 aromatic carbocycles. The van der Waals surface area contributed by atoms with Gasteiger partial charge in [0.15, 0.2) is 11.5 Å². The van der Waals surface area contributed by atoms with Crippen LogP contribution in [0.5, 0.6) is 0 Å². The molecule has 0 bridgehead atoms. The van der Waals surface area contributed by atoms with E-state index in [-0.39, 0.29) is 0 Å². The van der Waals surface area contributed by atoms with Gasteiger partial charge in [-0.3, -0.25) is 4.40 Å². The van der Waals surface area contributed by atoms with E-state index in [4.69, 9.17) is 15.0 Å². The molecule has 3 heterocycles. The van der Waals surface area contributed by atoms with Crippen molar-refractivity contribution < 1.29 is 0 Å². The molecule has 0 saturated carbocycles. The number of aromatic nitrogens is 4. The Kier molecular flexibility index (Phi) is 5.92. The molecule has 3 aromatic heterocycles. The Morgan fingerprint density at radius 3 is 1.59 bits per heavy atom. The first kappa shape index (κ1) is 28.0. The lowest BCUT2D eigenvalue weighted by atomic mass is 9.91. The quantitative estimate of drug-likeness (QED) is 0.179. The van der Waals surface area contributed by atoms with Gasteiger partial charge in [-0.15, -0.1) is 0 Å². The molecule has 0 aliphatic rings. The van der Waals surface area contributed by atoms with Gasteiger partial charge in [0, 0.05) is 21.9 Å². The van der Waals surface area contributed by atoms with Crippen molar-refractivity contribution in [3.63, 3.8) is 0 Å². The zero-order chi connectivity index (χ0) is 33.5. The molecule has 236 valence electrons. The Morgan fingerprint density at radius 2 is 0.863 bits per heavy atom. The summed E-state index contributed by atoms with van der Waals surface area (Å²) in [7, 11) is 0. The molecule has 0 radical (unpaired) electrons. The topological polar surface area (TPSA) is 43.1 Å². The molecule has 0 fully saturated rings. The Morgan fingerprint density at radius 1 is 0.333 bits per heavy atom. The smallest absolute Gasteiger partial charge is 0.183 e. The number of hydrogen-bond acceptors (Lipinski definition) is 3. The zero-order valence-corrected chi connectivity index (χ0v) is 27.5. The fourth-order valence-electron chi connectivity index (χ4n) is 8.06. The maximum Gasteiger partial charge on any atom is 0.183 e. The summed E-state index contributed by atoms with van der Waals surface area (Å²) < 4.78 is 2.26. The summed E-state index contributed by atoms with van der Waals surface area (Å²) in [6.07, 6.45) is 0. The van der Waals surface area contributed by atoms with E-state index in [0.29, 0.717) is 11.5 Å². The maximum atomic E-state index is 5.34. The summed E-state index contributed by atoms with van der Waals surface area (Å²) in [5.41, 5.74) is 8.65. The molecule has 0 atom stereocenters. The van der Waals surface area contributed by atoms with E-state index in [1.54, 1.807) is 0 Å². The van der Waals surface area contributed by atoms with Gasteiger partial charge in [0.2, 0.25) is 0 Å². The highest BCUT2D eigenvalue weighted by molar-refractivity contribution is 6.25. The third kappa shape index (κ3) is 4.17. The molecule has 4 nitrogen and oxygen atoms in total. The number of benzene rings is 8. The van der Waals surface area contributed by atoms with Gasteiger partial charge in [-0.1, -0.05) is 152 Å². The molecule has 0 spiro atoms. The molecular formula is C47H28N4. The molecule has 0 saturated heterocycles. The SMILES string of the molecule is c1ccc(-c2nc(-c3cccc(-c4ccc5c6ccccc6c6ccccc6c5c4)c3)c3c(n2)nc2c4ccccc4c4ccccc4n23)cc1. The van der Waals surface area contributed by atoms with Gasteiger partial charge in [-0.05, 0) is 67.0 Å². The lowest BCUT2D eigenvalue weighted by Crippen LogP contribution is -1.98. The van der Waals surface area contributed by atoms with Crippen molar-refractivity contribution in [1.29, 1.82) is 0 Å². The first-order chi connectivity index (χ1) is 25.3. The molecule has 0 unspecified atom stereocenters. The van der Waals surface area contributed by atoms with Crippen LogP contribution in [0.25, 0.3) is 105 Å². The minimum Gasteiger partial charge on any atom is -0.288 e. The average molecular weight is 649 g/mol. The van der Waals surface area contributed by atoms with Crippen LogP contribution in [0.1, 0.15) is 0 Å². The second-order valence-electron chi connectivity index (χ2n) is 13.2. The Bertz CT molecular complexity index is 3160. The molecule has 0 aliphatic carbocycles. The number of imidazole rings is 1. The van der Waals surface area contributed by atoms with Crippen molar-refractivity contribution >= 4 is 70.8 Å². The zero-order valence-electron chi connectivity index (χ0n) is 27.5. The van der Waals surface area contributed by atoms with Crippen molar-refractivity contribution in [1.82, 2.24) is 19.4 Å². The minimum absolute atomic E-state index is 0.657. The van der Waals surface area contributed by atoms with Crippen molar-refractivity contribution in [2.45, 2.75) is 0 Å². The highest BCUT2D eigenvalue weighted by Gasteiger charge is 2.21. The molecule has 51 heavy (non-hydrogen) atoms. The van der Waals surface area contributed by atoms with Crippen LogP contribution in [0.2, 0.25) is 0 Å². The van der Waals surface area contributed by atoms with Crippen LogP contribution in [0, 0.1) is 0 Å². The van der Waals surface area contributed by atoms with Crippen LogP contribution in [0.3, 0.4) is 0 Å². The van der Waals surface area contributed by atoms with Gasteiger partial charge in [0.1, 0.15) is 16.9 Å². The first-order valence-electron chi connectivity index (χ1n) is 17.3. The van der Waals surface area contributed by atoms with Crippen molar-refractivity contribution in [2.24, 2.45) is 0 Å². The molecule has 0 N–H and O–H groups in total. The summed E-state index contributed by atoms with van der Waals surface area (Å²) in [5, 5.41) is 11.0. The van der Waals surface area contributed by atoms with E-state index in [2.05, 4.69) is 156 Å². The standard InChI is InChI=1S/C47H28N4/c1-2-13-29(14-3-1)45-48-43(44-46(49-45)50-47-40-23-9-8-21-37(40)39-22-10-11-24-42(39)51(44)47)32-16-12-15-30(27-32)31-25-26-38-35-19-5-4-17-33(35)34-18-6-7-20-36(34)41(38)28-31/h1-28H. The fourth-order valence-corrected chi connectivity index (χ4v) is 8.06. The second kappa shape index (κ2) is 10.8. The summed E-state index contributed by atoms with van der Waals surface area (Å²) in [4.78, 5) is 15.7. The van der Waals surface area contributed by atoms with Crippen LogP contribution >= 0.6 is 0 Å². The average Bonchev–Trinajstić information content (AvgIpc) is 3.61. The largest absolute Gasteiger partial charge is 0.288 e. The number of hydrogen-bond donors (Lipinski definition) is 0. The van der Waals surface area contributed by atoms with Gasteiger partial charge in [0.25, 0.3) is 0 Å². The van der Waals surface area contributed by atoms with Crippen molar-refractivity contribution in [2.75, 3.05) is 0 Å². The van der Waals surface area contributed by atoms with Gasteiger partial charge in [-0.25, -0.2) is 15.0 Å². The van der Waals surface area contributed by atoms with Crippen LogP contribution in [-0.2, 0) is 0 Å². The minimum atomic E-state index is 0.657. The monoisotopic (exact) mass is 648 g/mol. The Balaban J connectivity index is 1.20. The van der Waals surface area contributed by atoms with Gasteiger partial charge >= 0.3 is 0 Å². The second-order valence-corrected chi connectivity index (χ2v) is 13.2. The molecule has 11 rings (SSSR count). The highest BCUT2D eigenvalue weighted by atomic mass is 15.1. The molecular weight excluding hydrogens is 621 g/mol. The van der Waals surface area contributed by atoms with Crippen molar-refractivity contribution in [3.8, 4) is 33.8 Å².